The van der Waals surface area contributed by atoms with Gasteiger partial charge in [0.2, 0.25) is 6.08 Å². The number of hydrogen-bond donors (Lipinski definition) is 0. The first-order valence-corrected chi connectivity index (χ1v) is 4.65. The van der Waals surface area contributed by atoms with Crippen LogP contribution in [-0.2, 0) is 4.79 Å². The smallest absolute Gasteiger partial charge is 0.211 e. The quantitative estimate of drug-likeness (QED) is 0.444. The van der Waals surface area contributed by atoms with Crippen LogP contribution in [-0.4, -0.2) is 6.08 Å². The van der Waals surface area contributed by atoms with Gasteiger partial charge in [0, 0.05) is 4.47 Å². The van der Waals surface area contributed by atoms with Crippen molar-refractivity contribution in [2.75, 3.05) is 0 Å². The maximum Gasteiger partial charge on any atom is 0.240 e. The molecule has 0 radical (unpaired) electrons. The highest BCUT2D eigenvalue weighted by Crippen LogP contribution is 2.27. The minimum absolute atomic E-state index is 0.648. The molecule has 0 saturated carbocycles. The van der Waals surface area contributed by atoms with Crippen molar-refractivity contribution >= 4 is 50.3 Å². The molecule has 1 rings (SSSR count). The van der Waals surface area contributed by atoms with Gasteiger partial charge in [-0.15, -0.1) is 0 Å². The van der Waals surface area contributed by atoms with Crippen LogP contribution in [0.5, 0.6) is 0 Å². The molecule has 1 aromatic carbocycles. The fourth-order valence-electron chi connectivity index (χ4n) is 0.628. The van der Waals surface area contributed by atoms with E-state index in [1.807, 2.05) is 12.1 Å². The summed E-state index contributed by atoms with van der Waals surface area (Å²) in [5, 5.41) is 0. The van der Waals surface area contributed by atoms with Crippen LogP contribution < -0.4 is 0 Å². The minimum atomic E-state index is 0.648. The van der Waals surface area contributed by atoms with Crippen molar-refractivity contribution in [3.05, 3.63) is 26.2 Å². The van der Waals surface area contributed by atoms with Gasteiger partial charge in [0.05, 0.1) is 9.26 Å². The van der Waals surface area contributed by atoms with Gasteiger partial charge >= 0.3 is 0 Å². The Morgan fingerprint density at radius 1 is 1.55 bits per heavy atom. The summed E-state index contributed by atoms with van der Waals surface area (Å²) in [6.07, 6.45) is 1.50. The largest absolute Gasteiger partial charge is 0.240 e. The zero-order valence-electron chi connectivity index (χ0n) is 5.34. The van der Waals surface area contributed by atoms with Crippen molar-refractivity contribution in [1.82, 2.24) is 0 Å². The second-order valence-corrected chi connectivity index (χ2v) is 3.71. The van der Waals surface area contributed by atoms with E-state index < -0.39 is 0 Å². The maximum atomic E-state index is 9.93. The summed E-state index contributed by atoms with van der Waals surface area (Å²) < 4.78 is 1.86. The summed E-state index contributed by atoms with van der Waals surface area (Å²) in [6, 6.07) is 5.48. The zero-order chi connectivity index (χ0) is 8.27. The van der Waals surface area contributed by atoms with Crippen LogP contribution in [0.25, 0.3) is 0 Å². The topological polar surface area (TPSA) is 29.4 Å². The molecular formula is C7H3BrINO. The van der Waals surface area contributed by atoms with Gasteiger partial charge in [-0.1, -0.05) is 6.07 Å². The molecule has 0 aliphatic carbocycles. The predicted octanol–water partition coefficient (Wildman–Crippen LogP) is 3.02. The van der Waals surface area contributed by atoms with Crippen molar-refractivity contribution in [2.24, 2.45) is 4.99 Å². The van der Waals surface area contributed by atoms with Crippen molar-refractivity contribution in [2.45, 2.75) is 0 Å². The van der Waals surface area contributed by atoms with Gasteiger partial charge in [-0.05, 0) is 50.7 Å². The Hall–Kier alpha value is -0.190. The van der Waals surface area contributed by atoms with Crippen molar-refractivity contribution in [3.8, 4) is 0 Å². The Kier molecular flexibility index (Phi) is 3.23. The zero-order valence-corrected chi connectivity index (χ0v) is 9.09. The molecule has 0 fully saturated rings. The molecule has 0 aliphatic rings. The molecule has 1 aromatic rings. The highest BCUT2D eigenvalue weighted by atomic mass is 127. The fourth-order valence-corrected chi connectivity index (χ4v) is 1.46. The van der Waals surface area contributed by atoms with Gasteiger partial charge in [-0.3, -0.25) is 0 Å². The van der Waals surface area contributed by atoms with E-state index in [1.165, 1.54) is 6.08 Å². The highest BCUT2D eigenvalue weighted by Gasteiger charge is 2.00. The standard InChI is InChI=1S/C7H3BrINO/c8-5-2-1-3-6(7(5)9)10-4-11/h1-3H. The molecule has 11 heavy (non-hydrogen) atoms. The molecular weight excluding hydrogens is 321 g/mol. The highest BCUT2D eigenvalue weighted by molar-refractivity contribution is 14.1. The van der Waals surface area contributed by atoms with Gasteiger partial charge in [0.25, 0.3) is 0 Å². The number of rotatable bonds is 1. The second-order valence-electron chi connectivity index (χ2n) is 1.78. The third-order valence-electron chi connectivity index (χ3n) is 1.10. The molecule has 0 saturated heterocycles. The SMILES string of the molecule is O=C=Nc1cccc(Br)c1I. The average molecular weight is 324 g/mol. The van der Waals surface area contributed by atoms with E-state index in [0.29, 0.717) is 5.69 Å². The lowest BCUT2D eigenvalue weighted by molar-refractivity contribution is 0.565. The molecule has 0 aliphatic heterocycles. The minimum Gasteiger partial charge on any atom is -0.211 e. The van der Waals surface area contributed by atoms with E-state index in [1.54, 1.807) is 6.07 Å². The molecule has 0 heterocycles. The first kappa shape index (κ1) is 8.90. The number of isocyanates is 1. The molecule has 0 unspecified atom stereocenters. The van der Waals surface area contributed by atoms with E-state index in [4.69, 9.17) is 0 Å². The van der Waals surface area contributed by atoms with Crippen LogP contribution in [0.15, 0.2) is 27.7 Å². The van der Waals surface area contributed by atoms with Gasteiger partial charge in [-0.2, -0.15) is 4.99 Å². The van der Waals surface area contributed by atoms with Crippen molar-refractivity contribution in [3.63, 3.8) is 0 Å². The maximum absolute atomic E-state index is 9.93. The summed E-state index contributed by atoms with van der Waals surface area (Å²) in [4.78, 5) is 13.5. The van der Waals surface area contributed by atoms with Crippen LogP contribution in [0.3, 0.4) is 0 Å². The molecule has 0 spiro atoms. The Morgan fingerprint density at radius 2 is 2.27 bits per heavy atom. The number of hydrogen-bond acceptors (Lipinski definition) is 2. The number of carbonyl (C=O) groups excluding carboxylic acids is 1. The summed E-state index contributed by atoms with van der Waals surface area (Å²) >= 11 is 5.43. The third kappa shape index (κ3) is 2.12. The average Bonchev–Trinajstić information content (AvgIpc) is 1.99. The number of nitrogens with zero attached hydrogens (tertiary/aromatic N) is 1. The molecule has 0 atom stereocenters. The summed E-state index contributed by atoms with van der Waals surface area (Å²) in [7, 11) is 0. The monoisotopic (exact) mass is 323 g/mol. The van der Waals surface area contributed by atoms with Crippen molar-refractivity contribution < 1.29 is 4.79 Å². The van der Waals surface area contributed by atoms with E-state index in [-0.39, 0.29) is 0 Å². The Bertz CT molecular complexity index is 320. The first-order chi connectivity index (χ1) is 5.25. The molecule has 4 heteroatoms. The normalized spacial score (nSPS) is 8.91. The number of aliphatic imine (C=N–C) groups is 1. The third-order valence-corrected chi connectivity index (χ3v) is 3.63. The first-order valence-electron chi connectivity index (χ1n) is 2.77. The lowest BCUT2D eigenvalue weighted by Gasteiger charge is -1.96. The summed E-state index contributed by atoms with van der Waals surface area (Å²) in [5.74, 6) is 0. The van der Waals surface area contributed by atoms with Gasteiger partial charge in [-0.25, -0.2) is 4.79 Å². The summed E-state index contributed by atoms with van der Waals surface area (Å²) in [5.41, 5.74) is 0.648. The molecule has 0 N–H and O–H groups in total. The Morgan fingerprint density at radius 3 is 2.91 bits per heavy atom. The molecule has 2 nitrogen and oxygen atoms in total. The Labute approximate surface area is 86.0 Å². The van der Waals surface area contributed by atoms with Gasteiger partial charge in [0.1, 0.15) is 0 Å². The second kappa shape index (κ2) is 3.99. The van der Waals surface area contributed by atoms with Gasteiger partial charge in [0.15, 0.2) is 0 Å². The van der Waals surface area contributed by atoms with Crippen LogP contribution in [0, 0.1) is 3.57 Å². The lowest BCUT2D eigenvalue weighted by Crippen LogP contribution is -1.74. The van der Waals surface area contributed by atoms with Crippen LogP contribution >= 0.6 is 38.5 Å². The van der Waals surface area contributed by atoms with E-state index in [2.05, 4.69) is 43.5 Å². The lowest BCUT2D eigenvalue weighted by atomic mass is 10.3. The van der Waals surface area contributed by atoms with E-state index >= 15 is 0 Å². The van der Waals surface area contributed by atoms with E-state index in [9.17, 15) is 4.79 Å². The summed E-state index contributed by atoms with van der Waals surface area (Å²) in [6.45, 7) is 0. The van der Waals surface area contributed by atoms with E-state index in [0.717, 1.165) is 8.04 Å². The molecule has 0 amide bonds. The predicted molar refractivity (Wildman–Crippen MR) is 54.6 cm³/mol. The van der Waals surface area contributed by atoms with Crippen molar-refractivity contribution in [1.29, 1.82) is 0 Å². The molecule has 0 aromatic heterocycles. The number of benzene rings is 1. The van der Waals surface area contributed by atoms with Crippen LogP contribution in [0.4, 0.5) is 5.69 Å². The number of halogens is 2. The molecule has 0 bridgehead atoms. The molecule has 56 valence electrons. The fraction of sp³-hybridized carbons (Fsp3) is 0. The van der Waals surface area contributed by atoms with Crippen LogP contribution in [0.1, 0.15) is 0 Å². The Balaban J connectivity index is 3.26. The van der Waals surface area contributed by atoms with Crippen LogP contribution in [0.2, 0.25) is 0 Å². The van der Waals surface area contributed by atoms with Gasteiger partial charge < -0.3 is 0 Å².